The van der Waals surface area contributed by atoms with Gasteiger partial charge < -0.3 is 4.74 Å². The van der Waals surface area contributed by atoms with Gasteiger partial charge in [-0.25, -0.2) is 0 Å². The van der Waals surface area contributed by atoms with Gasteiger partial charge in [0, 0.05) is 0 Å². The van der Waals surface area contributed by atoms with E-state index in [1.807, 2.05) is 12.1 Å². The average molecular weight is 258 g/mol. The van der Waals surface area contributed by atoms with Crippen LogP contribution in [-0.4, -0.2) is 19.6 Å². The van der Waals surface area contributed by atoms with E-state index in [4.69, 9.17) is 4.74 Å². The van der Waals surface area contributed by atoms with Crippen LogP contribution in [0.3, 0.4) is 0 Å². The van der Waals surface area contributed by atoms with Crippen molar-refractivity contribution in [3.8, 4) is 5.75 Å². The zero-order valence-corrected chi connectivity index (χ0v) is 11.5. The van der Waals surface area contributed by atoms with Gasteiger partial charge in [0.05, 0.1) is 11.3 Å². The maximum atomic E-state index is 5.11. The number of methoxy groups -OCH3 is 1. The second-order valence-electron chi connectivity index (χ2n) is 2.69. The van der Waals surface area contributed by atoms with E-state index >= 15 is 0 Å². The quantitative estimate of drug-likeness (QED) is 0.725. The van der Waals surface area contributed by atoms with Crippen LogP contribution in [0.1, 0.15) is 5.56 Å². The van der Waals surface area contributed by atoms with E-state index in [2.05, 4.69) is 30.7 Å². The smallest absolute Gasteiger partial charge is 0.118 e. The molecule has 0 unspecified atom stereocenters. The molecular weight excluding hydrogens is 244 g/mol. The molecule has 0 fully saturated rings. The largest absolute Gasteiger partial charge is 0.497 e. The van der Waals surface area contributed by atoms with Crippen molar-refractivity contribution in [2.45, 2.75) is 0 Å². The van der Waals surface area contributed by atoms with E-state index < -0.39 is 0 Å². The van der Waals surface area contributed by atoms with Crippen LogP contribution >= 0.6 is 33.3 Å². The third-order valence-electron chi connectivity index (χ3n) is 1.77. The normalized spacial score (nSPS) is 11.5. The summed E-state index contributed by atoms with van der Waals surface area (Å²) in [6.07, 6.45) is 6.37. The maximum absolute atomic E-state index is 5.11. The van der Waals surface area contributed by atoms with Gasteiger partial charge in [-0.1, -0.05) is 33.7 Å². The minimum atomic E-state index is 0.898. The summed E-state index contributed by atoms with van der Waals surface area (Å²) in [5, 5.41) is 0. The fourth-order valence-corrected chi connectivity index (χ4v) is 3.77. The summed E-state index contributed by atoms with van der Waals surface area (Å²) in [5.74, 6) is 0.898. The standard InChI is InChI=1S/C11H14OS3/c1-12-10-6-4-9(5-7-10)8-11(13-2)15-14-3/h4-8H,1-3H3/b11-8+. The Labute approximate surface area is 103 Å². The molecule has 0 saturated heterocycles. The van der Waals surface area contributed by atoms with Crippen LogP contribution in [-0.2, 0) is 0 Å². The lowest BCUT2D eigenvalue weighted by Gasteiger charge is -2.02. The molecule has 4 heteroatoms. The first-order valence-electron chi connectivity index (χ1n) is 4.40. The van der Waals surface area contributed by atoms with Crippen molar-refractivity contribution in [3.63, 3.8) is 0 Å². The van der Waals surface area contributed by atoms with E-state index in [1.54, 1.807) is 40.5 Å². The van der Waals surface area contributed by atoms with Gasteiger partial charge in [-0.2, -0.15) is 0 Å². The molecule has 0 heterocycles. The molecule has 0 aliphatic heterocycles. The SMILES string of the molecule is COc1ccc(/C=C(\SC)SSC)cc1. The first kappa shape index (κ1) is 12.9. The van der Waals surface area contributed by atoms with E-state index in [0.29, 0.717) is 0 Å². The Morgan fingerprint density at radius 2 is 1.87 bits per heavy atom. The summed E-state index contributed by atoms with van der Waals surface area (Å²) >= 11 is 1.77. The van der Waals surface area contributed by atoms with Crippen molar-refractivity contribution < 1.29 is 4.74 Å². The van der Waals surface area contributed by atoms with E-state index in [1.165, 1.54) is 9.80 Å². The minimum absolute atomic E-state index is 0.898. The third kappa shape index (κ3) is 4.45. The van der Waals surface area contributed by atoms with Gasteiger partial charge >= 0.3 is 0 Å². The molecule has 15 heavy (non-hydrogen) atoms. The molecule has 1 aromatic rings. The summed E-state index contributed by atoms with van der Waals surface area (Å²) < 4.78 is 6.43. The number of rotatable bonds is 5. The predicted octanol–water partition coefficient (Wildman–Crippen LogP) is 4.37. The Morgan fingerprint density at radius 1 is 1.20 bits per heavy atom. The minimum Gasteiger partial charge on any atom is -0.497 e. The van der Waals surface area contributed by atoms with Gasteiger partial charge in [-0.3, -0.25) is 0 Å². The highest BCUT2D eigenvalue weighted by molar-refractivity contribution is 8.79. The summed E-state index contributed by atoms with van der Waals surface area (Å²) in [6, 6.07) is 8.09. The van der Waals surface area contributed by atoms with Gasteiger partial charge in [0.2, 0.25) is 0 Å². The molecule has 0 aromatic heterocycles. The average Bonchev–Trinajstić information content (AvgIpc) is 2.29. The van der Waals surface area contributed by atoms with E-state index in [9.17, 15) is 0 Å². The van der Waals surface area contributed by atoms with Crippen LogP contribution < -0.4 is 4.74 Å². The van der Waals surface area contributed by atoms with Crippen molar-refractivity contribution in [2.75, 3.05) is 19.6 Å². The van der Waals surface area contributed by atoms with Crippen LogP contribution in [0.15, 0.2) is 28.5 Å². The molecule has 82 valence electrons. The summed E-state index contributed by atoms with van der Waals surface area (Å²) in [4.78, 5) is 0. The zero-order chi connectivity index (χ0) is 11.1. The molecule has 0 bridgehead atoms. The lowest BCUT2D eigenvalue weighted by Crippen LogP contribution is -1.81. The second-order valence-corrected chi connectivity index (χ2v) is 6.24. The summed E-state index contributed by atoms with van der Waals surface area (Å²) in [7, 11) is 5.24. The van der Waals surface area contributed by atoms with Gasteiger partial charge in [0.1, 0.15) is 5.75 Å². The van der Waals surface area contributed by atoms with Gasteiger partial charge in [-0.15, -0.1) is 11.8 Å². The van der Waals surface area contributed by atoms with Gasteiger partial charge in [0.25, 0.3) is 0 Å². The highest BCUT2D eigenvalue weighted by Gasteiger charge is 1.96. The van der Waals surface area contributed by atoms with Crippen LogP contribution in [0.25, 0.3) is 6.08 Å². The van der Waals surface area contributed by atoms with Crippen molar-refractivity contribution in [1.82, 2.24) is 0 Å². The Hall–Kier alpha value is -0.190. The molecule has 0 aliphatic carbocycles. The number of hydrogen-bond acceptors (Lipinski definition) is 4. The van der Waals surface area contributed by atoms with Crippen LogP contribution in [0.4, 0.5) is 0 Å². The Bertz CT molecular complexity index is 319. The number of hydrogen-bond donors (Lipinski definition) is 0. The van der Waals surface area contributed by atoms with Gasteiger partial charge in [0.15, 0.2) is 0 Å². The van der Waals surface area contributed by atoms with Crippen molar-refractivity contribution in [3.05, 3.63) is 34.1 Å². The predicted molar refractivity (Wildman–Crippen MR) is 75.6 cm³/mol. The second kappa shape index (κ2) is 7.14. The van der Waals surface area contributed by atoms with Gasteiger partial charge in [-0.05, 0) is 36.3 Å². The molecule has 0 spiro atoms. The lowest BCUT2D eigenvalue weighted by atomic mass is 10.2. The topological polar surface area (TPSA) is 9.23 Å². The Kier molecular flexibility index (Phi) is 6.13. The highest BCUT2D eigenvalue weighted by atomic mass is 33.1. The maximum Gasteiger partial charge on any atom is 0.118 e. The first-order valence-corrected chi connectivity index (χ1v) is 8.19. The molecule has 0 radical (unpaired) electrons. The molecule has 0 N–H and O–H groups in total. The van der Waals surface area contributed by atoms with Crippen LogP contribution in [0.5, 0.6) is 5.75 Å². The zero-order valence-electron chi connectivity index (χ0n) is 9.02. The van der Waals surface area contributed by atoms with E-state index in [0.717, 1.165) is 5.75 Å². The molecule has 1 rings (SSSR count). The third-order valence-corrected chi connectivity index (χ3v) is 4.84. The monoisotopic (exact) mass is 258 g/mol. The molecule has 1 nitrogen and oxygen atoms in total. The lowest BCUT2D eigenvalue weighted by molar-refractivity contribution is 0.415. The Morgan fingerprint density at radius 3 is 2.33 bits per heavy atom. The summed E-state index contributed by atoms with van der Waals surface area (Å²) in [5.41, 5.74) is 1.21. The Balaban J connectivity index is 2.77. The molecule has 0 amide bonds. The van der Waals surface area contributed by atoms with Crippen LogP contribution in [0.2, 0.25) is 0 Å². The number of thioether (sulfide) groups is 1. The molecule has 0 saturated carbocycles. The number of ether oxygens (including phenoxy) is 1. The number of benzene rings is 1. The van der Waals surface area contributed by atoms with Crippen molar-refractivity contribution >= 4 is 39.4 Å². The van der Waals surface area contributed by atoms with Crippen LogP contribution in [0, 0.1) is 0 Å². The molecule has 0 aliphatic rings. The fourth-order valence-electron chi connectivity index (χ4n) is 1.04. The fraction of sp³-hybridized carbons (Fsp3) is 0.273. The highest BCUT2D eigenvalue weighted by Crippen LogP contribution is 2.36. The van der Waals surface area contributed by atoms with E-state index in [-0.39, 0.29) is 0 Å². The molecular formula is C11H14OS3. The summed E-state index contributed by atoms with van der Waals surface area (Å²) in [6.45, 7) is 0. The molecule has 1 aromatic carbocycles. The van der Waals surface area contributed by atoms with Crippen molar-refractivity contribution in [1.29, 1.82) is 0 Å². The molecule has 0 atom stereocenters. The first-order chi connectivity index (χ1) is 7.30. The van der Waals surface area contributed by atoms with Crippen molar-refractivity contribution in [2.24, 2.45) is 0 Å².